The molecular formula is C9H20N2OS. The van der Waals surface area contributed by atoms with Crippen molar-refractivity contribution < 1.29 is 4.79 Å². The van der Waals surface area contributed by atoms with E-state index in [9.17, 15) is 4.79 Å². The number of hydrogen-bond acceptors (Lipinski definition) is 3. The molecule has 0 heterocycles. The number of hydrogen-bond donors (Lipinski definition) is 1. The highest BCUT2D eigenvalue weighted by Gasteiger charge is 2.24. The molecule has 0 aliphatic rings. The van der Waals surface area contributed by atoms with Gasteiger partial charge in [0, 0.05) is 18.1 Å². The molecule has 0 aromatic carbocycles. The minimum absolute atomic E-state index is 0.218. The lowest BCUT2D eigenvalue weighted by Crippen LogP contribution is -2.33. The number of rotatable bonds is 6. The third-order valence-corrected chi connectivity index (χ3v) is 3.21. The Bertz CT molecular complexity index is 169. The van der Waals surface area contributed by atoms with Gasteiger partial charge in [0.15, 0.2) is 0 Å². The highest BCUT2D eigenvalue weighted by Crippen LogP contribution is 2.20. The maximum Gasteiger partial charge on any atom is 0.223 e. The zero-order valence-electron chi connectivity index (χ0n) is 8.96. The van der Waals surface area contributed by atoms with E-state index < -0.39 is 0 Å². The summed E-state index contributed by atoms with van der Waals surface area (Å²) in [5, 5.41) is 0. The molecule has 1 amide bonds. The first-order valence-corrected chi connectivity index (χ1v) is 5.54. The van der Waals surface area contributed by atoms with Crippen molar-refractivity contribution in [2.24, 2.45) is 11.1 Å². The Balaban J connectivity index is 3.58. The van der Waals surface area contributed by atoms with Crippen molar-refractivity contribution >= 4 is 17.7 Å². The second-order valence-corrected chi connectivity index (χ2v) is 5.21. The summed E-state index contributed by atoms with van der Waals surface area (Å²) in [5.74, 6) is 1.63. The number of nitrogens with two attached hydrogens (primary N) is 1. The summed E-state index contributed by atoms with van der Waals surface area (Å²) in [5.41, 5.74) is 4.87. The topological polar surface area (TPSA) is 46.3 Å². The lowest BCUT2D eigenvalue weighted by atomic mass is 9.96. The fourth-order valence-corrected chi connectivity index (χ4v) is 1.94. The molecule has 78 valence electrons. The summed E-state index contributed by atoms with van der Waals surface area (Å²) in [4.78, 5) is 13.1. The molecule has 0 saturated carbocycles. The fraction of sp³-hybridized carbons (Fsp3) is 0.889. The van der Waals surface area contributed by atoms with Crippen molar-refractivity contribution in [1.29, 1.82) is 0 Å². The maximum absolute atomic E-state index is 10.9. The molecule has 0 atom stereocenters. The molecule has 0 aromatic rings. The molecule has 0 bridgehead atoms. The van der Waals surface area contributed by atoms with Gasteiger partial charge in [0.2, 0.25) is 5.91 Å². The van der Waals surface area contributed by atoms with Crippen LogP contribution in [0.3, 0.4) is 0 Å². The van der Waals surface area contributed by atoms with Gasteiger partial charge in [-0.1, -0.05) is 13.8 Å². The molecule has 3 nitrogen and oxygen atoms in total. The summed E-state index contributed by atoms with van der Waals surface area (Å²) >= 11 is 1.77. The molecule has 0 spiro atoms. The van der Waals surface area contributed by atoms with E-state index in [0.717, 1.165) is 18.1 Å². The van der Waals surface area contributed by atoms with E-state index in [1.54, 1.807) is 11.8 Å². The summed E-state index contributed by atoms with van der Waals surface area (Å²) < 4.78 is 0. The van der Waals surface area contributed by atoms with Crippen LogP contribution in [-0.2, 0) is 4.79 Å². The predicted octanol–water partition coefficient (Wildman–Crippen LogP) is 0.793. The molecule has 0 aromatic heterocycles. The van der Waals surface area contributed by atoms with Gasteiger partial charge >= 0.3 is 0 Å². The molecule has 4 heteroatoms. The zero-order chi connectivity index (χ0) is 10.5. The van der Waals surface area contributed by atoms with E-state index >= 15 is 0 Å². The van der Waals surface area contributed by atoms with Crippen molar-refractivity contribution in [3.8, 4) is 0 Å². The number of nitrogens with zero attached hydrogens (tertiary/aromatic N) is 1. The van der Waals surface area contributed by atoms with Crippen molar-refractivity contribution in [3.05, 3.63) is 0 Å². The average Bonchev–Trinajstić information content (AvgIpc) is 1.97. The smallest absolute Gasteiger partial charge is 0.223 e. The van der Waals surface area contributed by atoms with E-state index in [-0.39, 0.29) is 11.3 Å². The zero-order valence-corrected chi connectivity index (χ0v) is 9.78. The Morgan fingerprint density at radius 1 is 1.46 bits per heavy atom. The van der Waals surface area contributed by atoms with E-state index in [2.05, 4.69) is 4.90 Å². The minimum Gasteiger partial charge on any atom is -0.369 e. The quantitative estimate of drug-likeness (QED) is 0.651. The molecule has 2 N–H and O–H groups in total. The standard InChI is InChI=1S/C9H20N2OS/c1-9(2,8(10)12)7-13-6-5-11(3)4/h5-7H2,1-4H3,(H2,10,12). The van der Waals surface area contributed by atoms with Crippen LogP contribution in [0.4, 0.5) is 0 Å². The van der Waals surface area contributed by atoms with Crippen LogP contribution < -0.4 is 5.73 Å². The fourth-order valence-electron chi connectivity index (χ4n) is 0.646. The SMILES string of the molecule is CN(C)CCSCC(C)(C)C(N)=O. The summed E-state index contributed by atoms with van der Waals surface area (Å²) in [6.07, 6.45) is 0. The van der Waals surface area contributed by atoms with Crippen LogP contribution in [0, 0.1) is 5.41 Å². The van der Waals surface area contributed by atoms with Crippen molar-refractivity contribution in [2.45, 2.75) is 13.8 Å². The van der Waals surface area contributed by atoms with Gasteiger partial charge in [-0.15, -0.1) is 0 Å². The van der Waals surface area contributed by atoms with Crippen molar-refractivity contribution in [3.63, 3.8) is 0 Å². The number of amides is 1. The van der Waals surface area contributed by atoms with Gasteiger partial charge in [0.25, 0.3) is 0 Å². The van der Waals surface area contributed by atoms with Gasteiger partial charge in [0.05, 0.1) is 5.41 Å². The average molecular weight is 204 g/mol. The predicted molar refractivity (Wildman–Crippen MR) is 58.9 cm³/mol. The molecule has 0 fully saturated rings. The number of carbonyl (C=O) groups excluding carboxylic acids is 1. The lowest BCUT2D eigenvalue weighted by molar-refractivity contribution is -0.124. The third-order valence-electron chi connectivity index (χ3n) is 1.81. The number of thioether (sulfide) groups is 1. The van der Waals surface area contributed by atoms with Gasteiger partial charge in [-0.25, -0.2) is 0 Å². The van der Waals surface area contributed by atoms with Crippen LogP contribution in [0.25, 0.3) is 0 Å². The molecule has 0 rings (SSSR count). The van der Waals surface area contributed by atoms with Crippen LogP contribution in [0.2, 0.25) is 0 Å². The van der Waals surface area contributed by atoms with Crippen LogP contribution in [-0.4, -0.2) is 43.0 Å². The summed E-state index contributed by atoms with van der Waals surface area (Å²) in [6, 6.07) is 0. The van der Waals surface area contributed by atoms with Crippen molar-refractivity contribution in [1.82, 2.24) is 4.90 Å². The highest BCUT2D eigenvalue weighted by atomic mass is 32.2. The summed E-state index contributed by atoms with van der Waals surface area (Å²) in [7, 11) is 4.08. The molecule has 0 aliphatic heterocycles. The molecule has 13 heavy (non-hydrogen) atoms. The monoisotopic (exact) mass is 204 g/mol. The normalized spacial score (nSPS) is 12.1. The van der Waals surface area contributed by atoms with Crippen molar-refractivity contribution in [2.75, 3.05) is 32.1 Å². The van der Waals surface area contributed by atoms with E-state index in [1.807, 2.05) is 27.9 Å². The number of primary amides is 1. The lowest BCUT2D eigenvalue weighted by Gasteiger charge is -2.20. The van der Waals surface area contributed by atoms with E-state index in [4.69, 9.17) is 5.73 Å². The van der Waals surface area contributed by atoms with Crippen LogP contribution in [0.1, 0.15) is 13.8 Å². The maximum atomic E-state index is 10.9. The van der Waals surface area contributed by atoms with Crippen LogP contribution in [0.5, 0.6) is 0 Å². The van der Waals surface area contributed by atoms with E-state index in [1.165, 1.54) is 0 Å². The first kappa shape index (κ1) is 12.8. The van der Waals surface area contributed by atoms with Gasteiger partial charge < -0.3 is 10.6 Å². The highest BCUT2D eigenvalue weighted by molar-refractivity contribution is 7.99. The molecular weight excluding hydrogens is 184 g/mol. The number of carbonyl (C=O) groups is 1. The Labute approximate surface area is 85.0 Å². The Morgan fingerprint density at radius 2 is 2.00 bits per heavy atom. The van der Waals surface area contributed by atoms with Gasteiger partial charge in [-0.2, -0.15) is 11.8 Å². The minimum atomic E-state index is -0.378. The molecule has 0 aliphatic carbocycles. The first-order valence-electron chi connectivity index (χ1n) is 4.38. The molecule has 0 radical (unpaired) electrons. The molecule has 0 saturated heterocycles. The summed E-state index contributed by atoms with van der Waals surface area (Å²) in [6.45, 7) is 4.81. The van der Waals surface area contributed by atoms with Gasteiger partial charge in [-0.3, -0.25) is 4.79 Å². The Morgan fingerprint density at radius 3 is 2.38 bits per heavy atom. The van der Waals surface area contributed by atoms with Gasteiger partial charge in [-0.05, 0) is 14.1 Å². The van der Waals surface area contributed by atoms with Gasteiger partial charge in [0.1, 0.15) is 0 Å². The van der Waals surface area contributed by atoms with Crippen LogP contribution in [0.15, 0.2) is 0 Å². The second kappa shape index (κ2) is 5.50. The largest absolute Gasteiger partial charge is 0.369 e. The van der Waals surface area contributed by atoms with Crippen LogP contribution >= 0.6 is 11.8 Å². The second-order valence-electron chi connectivity index (χ2n) is 4.10. The Kier molecular flexibility index (Phi) is 5.40. The first-order chi connectivity index (χ1) is 5.86. The Hall–Kier alpha value is -0.220. The van der Waals surface area contributed by atoms with E-state index in [0.29, 0.717) is 0 Å². The third kappa shape index (κ3) is 5.93. The molecule has 0 unspecified atom stereocenters.